The Balaban J connectivity index is 4.29. The van der Waals surface area contributed by atoms with E-state index in [9.17, 15) is 9.59 Å². The third kappa shape index (κ3) is 8.09. The smallest absolute Gasteiger partial charge is 0.411 e. The maximum Gasteiger partial charge on any atom is 0.411 e. The molecule has 0 aromatic heterocycles. The van der Waals surface area contributed by atoms with Crippen LogP contribution in [0.3, 0.4) is 0 Å². The second-order valence-electron chi connectivity index (χ2n) is 5.41. The molecule has 0 saturated carbocycles. The summed E-state index contributed by atoms with van der Waals surface area (Å²) in [7, 11) is 1.62. The van der Waals surface area contributed by atoms with Crippen molar-refractivity contribution in [3.05, 3.63) is 0 Å². The van der Waals surface area contributed by atoms with Crippen LogP contribution in [0.2, 0.25) is 0 Å². The number of nitrogens with zero attached hydrogens (tertiary/aromatic N) is 2. The van der Waals surface area contributed by atoms with E-state index in [1.54, 1.807) is 34.7 Å². The average molecular weight is 309 g/mol. The summed E-state index contributed by atoms with van der Waals surface area (Å²) in [6, 6.07) is 0. The Kier molecular flexibility index (Phi) is 7.71. The van der Waals surface area contributed by atoms with E-state index >= 15 is 0 Å². The third-order valence-corrected chi connectivity index (χ3v) is 2.40. The first kappa shape index (κ1) is 18.8. The molecule has 2 amide bonds. The van der Waals surface area contributed by atoms with Crippen LogP contribution in [0.5, 0.6) is 0 Å². The summed E-state index contributed by atoms with van der Waals surface area (Å²) in [4.78, 5) is 26.3. The number of rotatable bonds is 5. The van der Waals surface area contributed by atoms with Gasteiger partial charge in [0.15, 0.2) is 5.56 Å². The minimum atomic E-state index is -0.680. The van der Waals surface area contributed by atoms with Crippen molar-refractivity contribution in [1.29, 1.82) is 0 Å². The fourth-order valence-electron chi connectivity index (χ4n) is 1.29. The number of carbonyl (C=O) groups excluding carboxylic acids is 2. The topological polar surface area (TPSA) is 59.1 Å². The summed E-state index contributed by atoms with van der Waals surface area (Å²) in [5.74, 6) is 0. The van der Waals surface area contributed by atoms with Crippen molar-refractivity contribution < 1.29 is 19.1 Å². The van der Waals surface area contributed by atoms with Gasteiger partial charge in [-0.3, -0.25) is 0 Å². The normalized spacial score (nSPS) is 12.6. The highest BCUT2D eigenvalue weighted by molar-refractivity contribution is 6.19. The molecule has 0 N–H and O–H groups in total. The van der Waals surface area contributed by atoms with E-state index in [1.165, 1.54) is 9.80 Å². The molecule has 0 aliphatic rings. The molecule has 0 heterocycles. The van der Waals surface area contributed by atoms with Crippen LogP contribution in [-0.4, -0.2) is 59.8 Å². The highest BCUT2D eigenvalue weighted by Crippen LogP contribution is 2.09. The van der Waals surface area contributed by atoms with Crippen LogP contribution in [0.25, 0.3) is 0 Å². The zero-order valence-corrected chi connectivity index (χ0v) is 13.9. The van der Waals surface area contributed by atoms with Gasteiger partial charge in [-0.05, 0) is 34.6 Å². The van der Waals surface area contributed by atoms with Gasteiger partial charge in [0.1, 0.15) is 5.60 Å². The lowest BCUT2D eigenvalue weighted by atomic mass is 10.2. The first-order valence-electron chi connectivity index (χ1n) is 6.60. The zero-order chi connectivity index (χ0) is 15.9. The van der Waals surface area contributed by atoms with Crippen molar-refractivity contribution in [2.75, 3.05) is 26.7 Å². The molecule has 0 fully saturated rings. The molecule has 0 saturated heterocycles. The lowest BCUT2D eigenvalue weighted by Gasteiger charge is -2.27. The van der Waals surface area contributed by atoms with E-state index in [4.69, 9.17) is 21.1 Å². The molecule has 0 aliphatic carbocycles. The van der Waals surface area contributed by atoms with Gasteiger partial charge in [0.2, 0.25) is 0 Å². The minimum Gasteiger partial charge on any atom is -0.444 e. The summed E-state index contributed by atoms with van der Waals surface area (Å²) in [5.41, 5.74) is -1.22. The van der Waals surface area contributed by atoms with E-state index in [1.807, 2.05) is 6.92 Å². The van der Waals surface area contributed by atoms with Gasteiger partial charge < -0.3 is 19.3 Å². The van der Waals surface area contributed by atoms with Gasteiger partial charge >= 0.3 is 12.2 Å². The second-order valence-corrected chi connectivity index (χ2v) is 6.02. The summed E-state index contributed by atoms with van der Waals surface area (Å²) < 4.78 is 10.1. The highest BCUT2D eigenvalue weighted by Gasteiger charge is 2.21. The number of halogens is 1. The van der Waals surface area contributed by atoms with E-state index in [-0.39, 0.29) is 0 Å². The van der Waals surface area contributed by atoms with Crippen molar-refractivity contribution in [2.45, 2.75) is 45.8 Å². The second kappa shape index (κ2) is 8.19. The highest BCUT2D eigenvalue weighted by atomic mass is 35.5. The predicted octanol–water partition coefficient (Wildman–Crippen LogP) is 2.90. The van der Waals surface area contributed by atoms with Crippen LogP contribution in [-0.2, 0) is 9.47 Å². The zero-order valence-electron chi connectivity index (χ0n) is 13.1. The Hall–Kier alpha value is -1.17. The van der Waals surface area contributed by atoms with E-state index in [0.717, 1.165) is 0 Å². The SMILES string of the molecule is CCN(CCN(C)C(=O)OC(C)(C)C)C(=O)OC(C)Cl. The van der Waals surface area contributed by atoms with Crippen LogP contribution >= 0.6 is 11.6 Å². The molecule has 0 aromatic carbocycles. The molecule has 1 atom stereocenters. The summed E-state index contributed by atoms with van der Waals surface area (Å²) in [6.07, 6.45) is -0.916. The van der Waals surface area contributed by atoms with Crippen LogP contribution in [0, 0.1) is 0 Å². The van der Waals surface area contributed by atoms with Gasteiger partial charge in [-0.15, -0.1) is 0 Å². The number of alkyl halides is 1. The van der Waals surface area contributed by atoms with Gasteiger partial charge in [0.25, 0.3) is 0 Å². The molecule has 20 heavy (non-hydrogen) atoms. The Labute approximate surface area is 125 Å². The molecule has 0 radical (unpaired) electrons. The van der Waals surface area contributed by atoms with Crippen molar-refractivity contribution >= 4 is 23.8 Å². The first-order chi connectivity index (χ1) is 9.06. The van der Waals surface area contributed by atoms with Gasteiger partial charge in [0, 0.05) is 26.7 Å². The van der Waals surface area contributed by atoms with Crippen molar-refractivity contribution in [2.24, 2.45) is 0 Å². The molecule has 0 aromatic rings. The largest absolute Gasteiger partial charge is 0.444 e. The number of likely N-dealkylation sites (N-methyl/N-ethyl adjacent to an activating group) is 2. The fraction of sp³-hybridized carbons (Fsp3) is 0.846. The first-order valence-corrected chi connectivity index (χ1v) is 7.04. The number of amides is 2. The standard InChI is InChI=1S/C13H25ClN2O4/c1-7-16(12(18)19-10(2)14)9-8-15(6)11(17)20-13(3,4)5/h10H,7-9H2,1-6H3. The molecule has 0 aliphatic heterocycles. The van der Waals surface area contributed by atoms with Crippen molar-refractivity contribution in [1.82, 2.24) is 9.80 Å². The average Bonchev–Trinajstić information content (AvgIpc) is 2.26. The lowest BCUT2D eigenvalue weighted by Crippen LogP contribution is -2.41. The number of ether oxygens (including phenoxy) is 2. The van der Waals surface area contributed by atoms with Gasteiger partial charge in [0.05, 0.1) is 0 Å². The summed E-state index contributed by atoms with van der Waals surface area (Å²) >= 11 is 5.61. The number of hydrogen-bond acceptors (Lipinski definition) is 4. The Morgan fingerprint density at radius 3 is 2.15 bits per heavy atom. The van der Waals surface area contributed by atoms with Gasteiger partial charge in [-0.1, -0.05) is 11.6 Å². The third-order valence-electron chi connectivity index (χ3n) is 2.31. The van der Waals surface area contributed by atoms with Crippen LogP contribution in [0.4, 0.5) is 9.59 Å². The van der Waals surface area contributed by atoms with Gasteiger partial charge in [-0.25, -0.2) is 9.59 Å². The monoisotopic (exact) mass is 308 g/mol. The van der Waals surface area contributed by atoms with Crippen LogP contribution in [0.15, 0.2) is 0 Å². The molecule has 0 spiro atoms. The molecule has 7 heteroatoms. The molecule has 0 rings (SSSR count). The molecular formula is C13H25ClN2O4. The van der Waals surface area contributed by atoms with E-state index in [2.05, 4.69) is 0 Å². The lowest BCUT2D eigenvalue weighted by molar-refractivity contribution is 0.0276. The number of hydrogen-bond donors (Lipinski definition) is 0. The van der Waals surface area contributed by atoms with Crippen molar-refractivity contribution in [3.8, 4) is 0 Å². The molecule has 118 valence electrons. The van der Waals surface area contributed by atoms with E-state index < -0.39 is 23.4 Å². The molecule has 6 nitrogen and oxygen atoms in total. The minimum absolute atomic E-state index is 0.356. The Morgan fingerprint density at radius 2 is 1.75 bits per heavy atom. The maximum atomic E-state index is 11.8. The van der Waals surface area contributed by atoms with Gasteiger partial charge in [-0.2, -0.15) is 0 Å². The van der Waals surface area contributed by atoms with E-state index in [0.29, 0.717) is 19.6 Å². The number of carbonyl (C=O) groups is 2. The maximum absolute atomic E-state index is 11.8. The fourth-order valence-corrected chi connectivity index (χ4v) is 1.37. The van der Waals surface area contributed by atoms with Crippen molar-refractivity contribution in [3.63, 3.8) is 0 Å². The summed E-state index contributed by atoms with van der Waals surface area (Å²) in [5, 5.41) is 0. The summed E-state index contributed by atoms with van der Waals surface area (Å²) in [6.45, 7) is 9.99. The predicted molar refractivity (Wildman–Crippen MR) is 77.9 cm³/mol. The van der Waals surface area contributed by atoms with Crippen LogP contribution < -0.4 is 0 Å². The molecule has 0 bridgehead atoms. The molecule has 1 unspecified atom stereocenters. The quantitative estimate of drug-likeness (QED) is 0.733. The Bertz CT molecular complexity index is 329. The molecular weight excluding hydrogens is 284 g/mol. The van der Waals surface area contributed by atoms with Crippen LogP contribution in [0.1, 0.15) is 34.6 Å². The Morgan fingerprint density at radius 1 is 1.20 bits per heavy atom.